The van der Waals surface area contributed by atoms with Crippen molar-refractivity contribution in [2.75, 3.05) is 0 Å². The largest absolute Gasteiger partial charge is 0.477 e. The van der Waals surface area contributed by atoms with Crippen LogP contribution in [0.1, 0.15) is 28.0 Å². The topological polar surface area (TPSA) is 87.5 Å². The van der Waals surface area contributed by atoms with Gasteiger partial charge in [-0.25, -0.2) is 14.3 Å². The highest BCUT2D eigenvalue weighted by Crippen LogP contribution is 2.18. The van der Waals surface area contributed by atoms with E-state index in [4.69, 9.17) is 5.11 Å². The van der Waals surface area contributed by atoms with Gasteiger partial charge in [0.25, 0.3) is 5.56 Å². The van der Waals surface area contributed by atoms with E-state index in [9.17, 15) is 9.59 Å². The van der Waals surface area contributed by atoms with Gasteiger partial charge < -0.3 is 5.11 Å². The lowest BCUT2D eigenvalue weighted by atomic mass is 10.2. The third-order valence-electron chi connectivity index (χ3n) is 2.91. The molecular formula is C10H9N3O3. The molecule has 0 unspecified atom stereocenters. The summed E-state index contributed by atoms with van der Waals surface area (Å²) < 4.78 is 1.20. The van der Waals surface area contributed by atoms with Gasteiger partial charge in [0.2, 0.25) is 0 Å². The summed E-state index contributed by atoms with van der Waals surface area (Å²) in [5.74, 6) is -1.08. The molecule has 0 aromatic carbocycles. The number of carbonyl (C=O) groups is 1. The van der Waals surface area contributed by atoms with Gasteiger partial charge in [0, 0.05) is 11.8 Å². The molecule has 2 aromatic heterocycles. The van der Waals surface area contributed by atoms with Gasteiger partial charge in [-0.1, -0.05) is 0 Å². The second kappa shape index (κ2) is 2.94. The SMILES string of the molecule is O=C(O)c1c[nH]n2c(=O)c3c(nc12)CCC3. The second-order valence-electron chi connectivity index (χ2n) is 3.85. The first-order chi connectivity index (χ1) is 7.68. The number of hydrogen-bond donors (Lipinski definition) is 2. The van der Waals surface area contributed by atoms with Crippen LogP contribution in [0.15, 0.2) is 11.0 Å². The maximum Gasteiger partial charge on any atom is 0.341 e. The van der Waals surface area contributed by atoms with E-state index in [1.165, 1.54) is 10.7 Å². The van der Waals surface area contributed by atoms with Crippen molar-refractivity contribution in [3.8, 4) is 0 Å². The fourth-order valence-corrected chi connectivity index (χ4v) is 2.14. The Kier molecular flexibility index (Phi) is 1.68. The van der Waals surface area contributed by atoms with Gasteiger partial charge in [-0.3, -0.25) is 9.89 Å². The quantitative estimate of drug-likeness (QED) is 0.717. The summed E-state index contributed by atoms with van der Waals surface area (Å²) in [5, 5.41) is 11.6. The number of nitrogens with one attached hydrogen (secondary N) is 1. The minimum atomic E-state index is -1.08. The Morgan fingerprint density at radius 3 is 3.06 bits per heavy atom. The maximum absolute atomic E-state index is 12.0. The van der Waals surface area contributed by atoms with E-state index in [1.807, 2.05) is 0 Å². The number of hydrogen-bond acceptors (Lipinski definition) is 3. The number of aromatic amines is 1. The molecule has 2 N–H and O–H groups in total. The lowest BCUT2D eigenvalue weighted by Crippen LogP contribution is -2.20. The summed E-state index contributed by atoms with van der Waals surface area (Å²) in [4.78, 5) is 27.1. The van der Waals surface area contributed by atoms with Crippen LogP contribution in [0.25, 0.3) is 5.65 Å². The van der Waals surface area contributed by atoms with Crippen molar-refractivity contribution in [3.63, 3.8) is 0 Å². The molecule has 0 fully saturated rings. The summed E-state index contributed by atoms with van der Waals surface area (Å²) in [7, 11) is 0. The molecule has 0 aliphatic heterocycles. The predicted molar refractivity (Wildman–Crippen MR) is 54.8 cm³/mol. The van der Waals surface area contributed by atoms with E-state index in [2.05, 4.69) is 10.1 Å². The van der Waals surface area contributed by atoms with Crippen molar-refractivity contribution < 1.29 is 9.90 Å². The van der Waals surface area contributed by atoms with Gasteiger partial charge in [0.1, 0.15) is 5.56 Å². The Labute approximate surface area is 89.5 Å². The van der Waals surface area contributed by atoms with Crippen molar-refractivity contribution in [2.24, 2.45) is 0 Å². The number of aromatic carboxylic acids is 1. The van der Waals surface area contributed by atoms with Crippen molar-refractivity contribution in [1.82, 2.24) is 14.6 Å². The molecule has 0 saturated carbocycles. The number of aryl methyl sites for hydroxylation is 1. The van der Waals surface area contributed by atoms with E-state index in [0.29, 0.717) is 5.56 Å². The lowest BCUT2D eigenvalue weighted by Gasteiger charge is -1.99. The van der Waals surface area contributed by atoms with E-state index < -0.39 is 5.97 Å². The normalized spacial score (nSPS) is 14.2. The second-order valence-corrected chi connectivity index (χ2v) is 3.85. The first-order valence-electron chi connectivity index (χ1n) is 5.03. The summed E-state index contributed by atoms with van der Waals surface area (Å²) in [5.41, 5.74) is 1.51. The van der Waals surface area contributed by atoms with Crippen LogP contribution in [-0.4, -0.2) is 25.7 Å². The summed E-state index contributed by atoms with van der Waals surface area (Å²) >= 11 is 0. The number of carboxylic acid groups (broad SMARTS) is 1. The van der Waals surface area contributed by atoms with Crippen molar-refractivity contribution in [3.05, 3.63) is 33.4 Å². The Morgan fingerprint density at radius 2 is 2.31 bits per heavy atom. The molecule has 6 heteroatoms. The van der Waals surface area contributed by atoms with Crippen LogP contribution in [0, 0.1) is 0 Å². The molecule has 2 heterocycles. The minimum Gasteiger partial charge on any atom is -0.477 e. The molecule has 82 valence electrons. The average Bonchev–Trinajstić information content (AvgIpc) is 2.83. The molecule has 0 saturated heterocycles. The number of aromatic nitrogens is 3. The van der Waals surface area contributed by atoms with Gasteiger partial charge in [-0.15, -0.1) is 0 Å². The average molecular weight is 219 g/mol. The molecule has 0 radical (unpaired) electrons. The van der Waals surface area contributed by atoms with Crippen LogP contribution >= 0.6 is 0 Å². The highest BCUT2D eigenvalue weighted by Gasteiger charge is 2.21. The van der Waals surface area contributed by atoms with Gasteiger partial charge in [-0.2, -0.15) is 0 Å². The highest BCUT2D eigenvalue weighted by atomic mass is 16.4. The fraction of sp³-hybridized carbons (Fsp3) is 0.300. The van der Waals surface area contributed by atoms with Crippen molar-refractivity contribution in [2.45, 2.75) is 19.3 Å². The maximum atomic E-state index is 12.0. The van der Waals surface area contributed by atoms with Crippen LogP contribution in [0.3, 0.4) is 0 Å². The first-order valence-corrected chi connectivity index (χ1v) is 5.03. The van der Waals surface area contributed by atoms with Crippen LogP contribution in [0.2, 0.25) is 0 Å². The lowest BCUT2D eigenvalue weighted by molar-refractivity contribution is 0.0699. The van der Waals surface area contributed by atoms with E-state index in [1.54, 1.807) is 0 Å². The van der Waals surface area contributed by atoms with Crippen LogP contribution in [0.4, 0.5) is 0 Å². The molecule has 16 heavy (non-hydrogen) atoms. The summed E-state index contributed by atoms with van der Waals surface area (Å²) in [6, 6.07) is 0. The summed E-state index contributed by atoms with van der Waals surface area (Å²) in [6.45, 7) is 0. The third-order valence-corrected chi connectivity index (χ3v) is 2.91. The molecule has 1 aliphatic rings. The third kappa shape index (κ3) is 1.04. The van der Waals surface area contributed by atoms with Crippen LogP contribution in [-0.2, 0) is 12.8 Å². The van der Waals surface area contributed by atoms with Gasteiger partial charge in [-0.05, 0) is 19.3 Å². The van der Waals surface area contributed by atoms with Crippen LogP contribution in [0.5, 0.6) is 0 Å². The zero-order chi connectivity index (χ0) is 11.3. The van der Waals surface area contributed by atoms with E-state index in [-0.39, 0.29) is 16.8 Å². The van der Waals surface area contributed by atoms with Gasteiger partial charge in [0.05, 0.1) is 5.69 Å². The van der Waals surface area contributed by atoms with E-state index in [0.717, 1.165) is 25.0 Å². The zero-order valence-corrected chi connectivity index (χ0v) is 8.36. The molecule has 0 bridgehead atoms. The van der Waals surface area contributed by atoms with Gasteiger partial charge >= 0.3 is 5.97 Å². The number of fused-ring (bicyclic) bond motifs is 2. The number of rotatable bonds is 1. The zero-order valence-electron chi connectivity index (χ0n) is 8.36. The fourth-order valence-electron chi connectivity index (χ4n) is 2.14. The Morgan fingerprint density at radius 1 is 1.50 bits per heavy atom. The molecule has 1 aliphatic carbocycles. The molecular weight excluding hydrogens is 210 g/mol. The number of nitrogens with zero attached hydrogens (tertiary/aromatic N) is 2. The first kappa shape index (κ1) is 9.14. The molecule has 0 amide bonds. The Hall–Kier alpha value is -2.11. The molecule has 2 aromatic rings. The standard InChI is InChI=1S/C10H9N3O3/c14-9-5-2-1-3-7(5)12-8-6(10(15)16)4-11-13(8)9/h4,11H,1-3H2,(H,15,16). The molecule has 6 nitrogen and oxygen atoms in total. The Bertz CT molecular complexity index is 653. The smallest absolute Gasteiger partial charge is 0.341 e. The molecule has 0 spiro atoms. The highest BCUT2D eigenvalue weighted by molar-refractivity contribution is 5.94. The Balaban J connectivity index is 2.43. The number of H-pyrrole nitrogens is 1. The number of carboxylic acids is 1. The van der Waals surface area contributed by atoms with Crippen molar-refractivity contribution in [1.29, 1.82) is 0 Å². The molecule has 3 rings (SSSR count). The minimum absolute atomic E-state index is 0.0341. The van der Waals surface area contributed by atoms with Gasteiger partial charge in [0.15, 0.2) is 5.65 Å². The summed E-state index contributed by atoms with van der Waals surface area (Å²) in [6.07, 6.45) is 3.69. The predicted octanol–water partition coefficient (Wildman–Crippen LogP) is 0.210. The monoisotopic (exact) mass is 219 g/mol. The van der Waals surface area contributed by atoms with E-state index >= 15 is 0 Å². The van der Waals surface area contributed by atoms with Crippen molar-refractivity contribution >= 4 is 11.6 Å². The van der Waals surface area contributed by atoms with Crippen LogP contribution < -0.4 is 5.56 Å². The molecule has 0 atom stereocenters.